The fourth-order valence-corrected chi connectivity index (χ4v) is 5.93. The highest BCUT2D eigenvalue weighted by atomic mass is 35.5. The summed E-state index contributed by atoms with van der Waals surface area (Å²) in [5.74, 6) is -2.80. The van der Waals surface area contributed by atoms with Crippen LogP contribution in [-0.4, -0.2) is 36.6 Å². The van der Waals surface area contributed by atoms with Gasteiger partial charge in [-0.15, -0.1) is 0 Å². The first-order valence-corrected chi connectivity index (χ1v) is 14.0. The van der Waals surface area contributed by atoms with E-state index >= 15 is 0 Å². The highest BCUT2D eigenvalue weighted by Crippen LogP contribution is 2.37. The average Bonchev–Trinajstić information content (AvgIpc) is 2.84. The van der Waals surface area contributed by atoms with Crippen LogP contribution >= 0.6 is 34.8 Å². The van der Waals surface area contributed by atoms with Crippen LogP contribution in [0.15, 0.2) is 53.4 Å². The third kappa shape index (κ3) is 7.02. The molecule has 206 valence electrons. The molecule has 0 heterocycles. The highest BCUT2D eigenvalue weighted by molar-refractivity contribution is 7.92. The van der Waals surface area contributed by atoms with Gasteiger partial charge in [0.2, 0.25) is 5.91 Å². The van der Waals surface area contributed by atoms with Crippen LogP contribution in [0.4, 0.5) is 11.4 Å². The molecule has 0 radical (unpaired) electrons. The van der Waals surface area contributed by atoms with Gasteiger partial charge >= 0.3 is 5.97 Å². The molecule has 13 heteroatoms. The van der Waals surface area contributed by atoms with Crippen LogP contribution in [0.1, 0.15) is 36.2 Å². The molecule has 3 aromatic carbocycles. The molecule has 0 saturated heterocycles. The van der Waals surface area contributed by atoms with Gasteiger partial charge in [-0.05, 0) is 43.7 Å². The molecule has 0 saturated carbocycles. The first-order chi connectivity index (χ1) is 18.2. The van der Waals surface area contributed by atoms with Crippen LogP contribution in [0.2, 0.25) is 15.1 Å². The van der Waals surface area contributed by atoms with E-state index in [0.29, 0.717) is 0 Å². The second kappa shape index (κ2) is 12.3. The van der Waals surface area contributed by atoms with E-state index in [2.05, 4.69) is 10.6 Å². The Bertz CT molecular complexity index is 1540. The SMILES string of the molecule is CCC(C(=O)Nc1cc(O)c(NC(=O)c2cc(Cl)c(OC(C)=O)c(Cl)c2)cc1Cl)S(=O)(=O)c1ccc(C)cc1. The Labute approximate surface area is 239 Å². The lowest BCUT2D eigenvalue weighted by molar-refractivity contribution is -0.131. The van der Waals surface area contributed by atoms with Gasteiger partial charge in [0.1, 0.15) is 11.0 Å². The standard InChI is InChI=1S/C26H23Cl3N2O7S/c1-4-23(39(36,37)16-7-5-13(2)6-8-16)26(35)30-20-12-22(33)21(11-17(20)27)31-25(34)15-9-18(28)24(19(29)10-15)38-14(3)32/h5-12,23,33H,4H2,1-3H3,(H,30,35)(H,31,34). The van der Waals surface area contributed by atoms with Crippen LogP contribution in [0, 0.1) is 6.92 Å². The van der Waals surface area contributed by atoms with Gasteiger partial charge in [-0.2, -0.15) is 0 Å². The number of aromatic hydroxyl groups is 1. The number of sulfone groups is 1. The van der Waals surface area contributed by atoms with Crippen molar-refractivity contribution in [1.82, 2.24) is 0 Å². The number of carbonyl (C=O) groups is 3. The number of nitrogens with one attached hydrogen (secondary N) is 2. The maximum atomic E-state index is 13.1. The monoisotopic (exact) mass is 612 g/mol. The molecule has 0 aliphatic carbocycles. The number of carbonyl (C=O) groups excluding carboxylic acids is 3. The highest BCUT2D eigenvalue weighted by Gasteiger charge is 2.33. The van der Waals surface area contributed by atoms with E-state index in [0.717, 1.165) is 18.6 Å². The number of hydrogen-bond acceptors (Lipinski definition) is 7. The lowest BCUT2D eigenvalue weighted by atomic mass is 10.2. The van der Waals surface area contributed by atoms with Gasteiger partial charge in [0.05, 0.1) is 31.3 Å². The number of aryl methyl sites for hydroxylation is 1. The van der Waals surface area contributed by atoms with Crippen LogP contribution in [0.25, 0.3) is 0 Å². The molecule has 3 aromatic rings. The van der Waals surface area contributed by atoms with Crippen molar-refractivity contribution in [3.05, 3.63) is 74.7 Å². The zero-order chi connectivity index (χ0) is 29.1. The lowest BCUT2D eigenvalue weighted by Crippen LogP contribution is -2.34. The molecule has 3 N–H and O–H groups in total. The molecule has 0 fully saturated rings. The van der Waals surface area contributed by atoms with E-state index in [1.165, 1.54) is 30.3 Å². The lowest BCUT2D eigenvalue weighted by Gasteiger charge is -2.18. The van der Waals surface area contributed by atoms with E-state index in [4.69, 9.17) is 39.5 Å². The summed E-state index contributed by atoms with van der Waals surface area (Å²) in [6, 6.07) is 10.8. The van der Waals surface area contributed by atoms with Gasteiger partial charge in [0, 0.05) is 18.6 Å². The Morgan fingerprint density at radius 3 is 2.05 bits per heavy atom. The topological polar surface area (TPSA) is 139 Å². The van der Waals surface area contributed by atoms with Crippen LogP contribution in [0.3, 0.4) is 0 Å². The van der Waals surface area contributed by atoms with Crippen molar-refractivity contribution in [3.8, 4) is 11.5 Å². The molecule has 0 spiro atoms. The summed E-state index contributed by atoms with van der Waals surface area (Å²) in [5.41, 5.74) is 0.678. The minimum absolute atomic E-state index is 0.00296. The predicted molar refractivity (Wildman–Crippen MR) is 150 cm³/mol. The fraction of sp³-hybridized carbons (Fsp3) is 0.192. The number of anilines is 2. The summed E-state index contributed by atoms with van der Waals surface area (Å²) in [6.07, 6.45) is -0.0127. The number of phenols is 1. The van der Waals surface area contributed by atoms with E-state index in [9.17, 15) is 27.9 Å². The molecule has 2 amide bonds. The summed E-state index contributed by atoms with van der Waals surface area (Å²) >= 11 is 18.4. The number of rotatable bonds is 8. The third-order valence-electron chi connectivity index (χ3n) is 5.49. The van der Waals surface area contributed by atoms with Crippen LogP contribution in [-0.2, 0) is 19.4 Å². The summed E-state index contributed by atoms with van der Waals surface area (Å²) in [7, 11) is -4.01. The normalized spacial score (nSPS) is 11.9. The number of ether oxygens (including phenoxy) is 1. The predicted octanol–water partition coefficient (Wildman–Crippen LogP) is 6.03. The Morgan fingerprint density at radius 1 is 0.923 bits per heavy atom. The first-order valence-electron chi connectivity index (χ1n) is 11.4. The quantitative estimate of drug-likeness (QED) is 0.160. The van der Waals surface area contributed by atoms with Crippen molar-refractivity contribution in [2.75, 3.05) is 10.6 Å². The number of phenolic OH excluding ortho intramolecular Hbond substituents is 1. The molecular weight excluding hydrogens is 591 g/mol. The minimum atomic E-state index is -4.01. The smallest absolute Gasteiger partial charge is 0.308 e. The second-order valence-corrected chi connectivity index (χ2v) is 11.8. The van der Waals surface area contributed by atoms with Crippen molar-refractivity contribution in [2.45, 2.75) is 37.3 Å². The Balaban J connectivity index is 1.81. The molecule has 0 aromatic heterocycles. The third-order valence-corrected chi connectivity index (χ3v) is 8.58. The Morgan fingerprint density at radius 2 is 1.51 bits per heavy atom. The summed E-state index contributed by atoms with van der Waals surface area (Å²) in [5, 5.41) is 13.7. The van der Waals surface area contributed by atoms with E-state index in [1.54, 1.807) is 19.1 Å². The molecule has 0 aliphatic heterocycles. The van der Waals surface area contributed by atoms with E-state index in [1.807, 2.05) is 6.92 Å². The van der Waals surface area contributed by atoms with Crippen molar-refractivity contribution in [2.24, 2.45) is 0 Å². The first kappa shape index (κ1) is 30.2. The molecule has 0 aliphatic rings. The zero-order valence-electron chi connectivity index (χ0n) is 20.8. The molecule has 9 nitrogen and oxygen atoms in total. The maximum absolute atomic E-state index is 13.1. The fourth-order valence-electron chi connectivity index (χ4n) is 3.54. The van der Waals surface area contributed by atoms with Crippen LogP contribution in [0.5, 0.6) is 11.5 Å². The summed E-state index contributed by atoms with van der Waals surface area (Å²) < 4.78 is 31.0. The van der Waals surface area contributed by atoms with Crippen molar-refractivity contribution < 1.29 is 32.6 Å². The van der Waals surface area contributed by atoms with Crippen LogP contribution < -0.4 is 15.4 Å². The summed E-state index contributed by atoms with van der Waals surface area (Å²) in [6.45, 7) is 4.54. The van der Waals surface area contributed by atoms with Gasteiger partial charge in [-0.25, -0.2) is 8.42 Å². The number of benzene rings is 3. The minimum Gasteiger partial charge on any atom is -0.506 e. The molecular formula is C26H23Cl3N2O7S. The average molecular weight is 614 g/mol. The van der Waals surface area contributed by atoms with Crippen molar-refractivity contribution in [3.63, 3.8) is 0 Å². The Hall–Kier alpha value is -3.31. The number of esters is 1. The molecule has 1 unspecified atom stereocenters. The number of halogens is 3. The number of hydrogen-bond donors (Lipinski definition) is 3. The molecule has 0 bridgehead atoms. The van der Waals surface area contributed by atoms with Gasteiger partial charge < -0.3 is 20.5 Å². The second-order valence-electron chi connectivity index (χ2n) is 8.41. The Kier molecular flexibility index (Phi) is 9.50. The van der Waals surface area contributed by atoms with Crippen molar-refractivity contribution in [1.29, 1.82) is 0 Å². The maximum Gasteiger partial charge on any atom is 0.308 e. The number of amides is 2. The molecule has 39 heavy (non-hydrogen) atoms. The van der Waals surface area contributed by atoms with E-state index in [-0.39, 0.29) is 49.1 Å². The van der Waals surface area contributed by atoms with Gasteiger partial charge in [-0.1, -0.05) is 59.4 Å². The van der Waals surface area contributed by atoms with E-state index < -0.39 is 38.6 Å². The van der Waals surface area contributed by atoms with Gasteiger partial charge in [0.15, 0.2) is 15.6 Å². The van der Waals surface area contributed by atoms with Gasteiger partial charge in [0.25, 0.3) is 5.91 Å². The zero-order valence-corrected chi connectivity index (χ0v) is 23.9. The molecule has 3 rings (SSSR count). The summed E-state index contributed by atoms with van der Waals surface area (Å²) in [4.78, 5) is 36.9. The molecule has 1 atom stereocenters. The van der Waals surface area contributed by atoms with Gasteiger partial charge in [-0.3, -0.25) is 14.4 Å². The van der Waals surface area contributed by atoms with Crippen molar-refractivity contribution >= 4 is 73.8 Å². The largest absolute Gasteiger partial charge is 0.506 e.